The lowest BCUT2D eigenvalue weighted by Gasteiger charge is -2.30. The molecule has 1 aromatic heterocycles. The fourth-order valence-electron chi connectivity index (χ4n) is 3.66. The topological polar surface area (TPSA) is 87.3 Å². The highest BCUT2D eigenvalue weighted by Gasteiger charge is 2.37. The first kappa shape index (κ1) is 19.2. The molecular weight excluding hydrogens is 344 g/mol. The molecule has 2 N–H and O–H groups in total. The number of alkyl carbamates (subject to hydrolysis) is 1. The van der Waals surface area contributed by atoms with Gasteiger partial charge in [-0.2, -0.15) is 0 Å². The molecule has 1 saturated heterocycles. The van der Waals surface area contributed by atoms with Gasteiger partial charge in [-0.05, 0) is 37.2 Å². The number of carbonyl (C=O) groups excluding carboxylic acids is 2. The summed E-state index contributed by atoms with van der Waals surface area (Å²) >= 11 is 0. The summed E-state index contributed by atoms with van der Waals surface area (Å²) in [5.41, 5.74) is 2.12. The van der Waals surface area contributed by atoms with Gasteiger partial charge in [-0.1, -0.05) is 32.1 Å². The number of amides is 2. The van der Waals surface area contributed by atoms with Crippen molar-refractivity contribution in [3.05, 3.63) is 35.9 Å². The van der Waals surface area contributed by atoms with E-state index >= 15 is 0 Å². The molecule has 0 radical (unpaired) electrons. The van der Waals surface area contributed by atoms with Crippen LogP contribution in [-0.2, 0) is 9.53 Å². The second-order valence-corrected chi connectivity index (χ2v) is 7.37. The summed E-state index contributed by atoms with van der Waals surface area (Å²) in [6.07, 6.45) is 11.6. The van der Waals surface area contributed by atoms with E-state index in [4.69, 9.17) is 0 Å². The van der Waals surface area contributed by atoms with Crippen LogP contribution in [0.5, 0.6) is 0 Å². The van der Waals surface area contributed by atoms with E-state index < -0.39 is 12.1 Å². The summed E-state index contributed by atoms with van der Waals surface area (Å²) in [4.78, 5) is 34.5. The molecule has 1 aliphatic carbocycles. The van der Waals surface area contributed by atoms with E-state index in [0.717, 1.165) is 42.8 Å². The second-order valence-electron chi connectivity index (χ2n) is 7.37. The Bertz CT molecular complexity index is 750. The number of aromatic amines is 1. The quantitative estimate of drug-likeness (QED) is 0.831. The van der Waals surface area contributed by atoms with Crippen molar-refractivity contribution in [3.63, 3.8) is 0 Å². The van der Waals surface area contributed by atoms with E-state index in [0.29, 0.717) is 6.54 Å². The van der Waals surface area contributed by atoms with Crippen molar-refractivity contribution in [1.29, 1.82) is 0 Å². The largest absolute Gasteiger partial charge is 0.453 e. The average Bonchev–Trinajstić information content (AvgIpc) is 3.34. The lowest BCUT2D eigenvalue weighted by molar-refractivity contribution is -0.135. The monoisotopic (exact) mass is 372 g/mol. The van der Waals surface area contributed by atoms with E-state index in [1.807, 2.05) is 24.9 Å². The molecule has 1 aromatic rings. The van der Waals surface area contributed by atoms with E-state index in [1.165, 1.54) is 7.11 Å². The average molecular weight is 372 g/mol. The highest BCUT2D eigenvalue weighted by Crippen LogP contribution is 2.32. The van der Waals surface area contributed by atoms with E-state index in [1.54, 1.807) is 0 Å². The normalized spacial score (nSPS) is 20.5. The molecule has 2 aliphatic rings. The molecule has 7 heteroatoms. The van der Waals surface area contributed by atoms with Gasteiger partial charge in [0.15, 0.2) is 0 Å². The fraction of sp³-hybridized carbons (Fsp3) is 0.550. The molecule has 0 aromatic carbocycles. The Balaban J connectivity index is 1.77. The molecule has 1 aliphatic heterocycles. The first-order valence-electron chi connectivity index (χ1n) is 9.58. The molecule has 146 valence electrons. The zero-order chi connectivity index (χ0) is 19.4. The van der Waals surface area contributed by atoms with Gasteiger partial charge in [0.25, 0.3) is 0 Å². The molecule has 2 amide bonds. The third-order valence-electron chi connectivity index (χ3n) is 5.14. The molecule has 2 heterocycles. The number of allylic oxidation sites excluding steroid dienone is 4. The highest BCUT2D eigenvalue weighted by molar-refractivity contribution is 5.86. The molecule has 2 atom stereocenters. The number of likely N-dealkylation sites (tertiary alicyclic amines) is 1. The summed E-state index contributed by atoms with van der Waals surface area (Å²) < 4.78 is 4.67. The van der Waals surface area contributed by atoms with Crippen molar-refractivity contribution >= 4 is 17.6 Å². The van der Waals surface area contributed by atoms with Gasteiger partial charge in [-0.25, -0.2) is 9.78 Å². The maximum Gasteiger partial charge on any atom is 0.407 e. The molecule has 0 spiro atoms. The van der Waals surface area contributed by atoms with Crippen LogP contribution in [-0.4, -0.2) is 46.6 Å². The van der Waals surface area contributed by atoms with Crippen LogP contribution in [0.4, 0.5) is 4.79 Å². The Hall–Kier alpha value is -2.57. The summed E-state index contributed by atoms with van der Waals surface area (Å²) in [6.45, 7) is 4.49. The lowest BCUT2D eigenvalue weighted by atomic mass is 10.0. The number of H-pyrrole nitrogens is 1. The molecule has 1 fully saturated rings. The van der Waals surface area contributed by atoms with Crippen LogP contribution in [0.25, 0.3) is 5.57 Å². The van der Waals surface area contributed by atoms with Gasteiger partial charge in [0.2, 0.25) is 5.91 Å². The molecule has 7 nitrogen and oxygen atoms in total. The Morgan fingerprint density at radius 1 is 1.37 bits per heavy atom. The Morgan fingerprint density at radius 3 is 2.85 bits per heavy atom. The predicted octanol–water partition coefficient (Wildman–Crippen LogP) is 3.19. The van der Waals surface area contributed by atoms with Gasteiger partial charge in [-0.3, -0.25) is 4.79 Å². The maximum absolute atomic E-state index is 13.1. The van der Waals surface area contributed by atoms with Crippen LogP contribution in [0.2, 0.25) is 0 Å². The minimum absolute atomic E-state index is 0.0393. The number of imidazole rings is 1. The Kier molecular flexibility index (Phi) is 5.98. The summed E-state index contributed by atoms with van der Waals surface area (Å²) in [5.74, 6) is 0.673. The van der Waals surface area contributed by atoms with E-state index in [2.05, 4.69) is 38.2 Å². The second kappa shape index (κ2) is 8.41. The molecular formula is C20H28N4O3. The fourth-order valence-corrected chi connectivity index (χ4v) is 3.66. The molecule has 3 rings (SSSR count). The minimum atomic E-state index is -0.614. The van der Waals surface area contributed by atoms with E-state index in [-0.39, 0.29) is 17.9 Å². The first-order chi connectivity index (χ1) is 13.0. The van der Waals surface area contributed by atoms with Crippen molar-refractivity contribution in [3.8, 4) is 0 Å². The smallest absolute Gasteiger partial charge is 0.407 e. The molecule has 27 heavy (non-hydrogen) atoms. The SMILES string of the molecule is COC(=O)N[C@H](C(=O)N1CCC[C@H]1c1ncc(C2=CCCC=C2)[nH]1)C(C)C. The van der Waals surface area contributed by atoms with Crippen molar-refractivity contribution in [2.24, 2.45) is 5.92 Å². The number of nitrogens with one attached hydrogen (secondary N) is 2. The van der Waals surface area contributed by atoms with Gasteiger partial charge < -0.3 is 19.9 Å². The third-order valence-corrected chi connectivity index (χ3v) is 5.14. The molecule has 0 saturated carbocycles. The van der Waals surface area contributed by atoms with Crippen LogP contribution >= 0.6 is 0 Å². The number of nitrogens with zero attached hydrogens (tertiary/aromatic N) is 2. The van der Waals surface area contributed by atoms with Crippen molar-refractivity contribution in [2.45, 2.75) is 51.6 Å². The summed E-state index contributed by atoms with van der Waals surface area (Å²) in [7, 11) is 1.30. The van der Waals surface area contributed by atoms with Gasteiger partial charge in [-0.15, -0.1) is 0 Å². The number of hydrogen-bond donors (Lipinski definition) is 2. The van der Waals surface area contributed by atoms with Crippen LogP contribution in [0.1, 0.15) is 57.1 Å². The first-order valence-corrected chi connectivity index (χ1v) is 9.58. The predicted molar refractivity (Wildman–Crippen MR) is 103 cm³/mol. The maximum atomic E-state index is 13.1. The highest BCUT2D eigenvalue weighted by atomic mass is 16.5. The van der Waals surface area contributed by atoms with Crippen molar-refractivity contribution in [1.82, 2.24) is 20.2 Å². The van der Waals surface area contributed by atoms with Gasteiger partial charge >= 0.3 is 6.09 Å². The van der Waals surface area contributed by atoms with Crippen LogP contribution in [0.15, 0.2) is 24.4 Å². The van der Waals surface area contributed by atoms with Crippen LogP contribution < -0.4 is 5.32 Å². The number of hydrogen-bond acceptors (Lipinski definition) is 4. The lowest BCUT2D eigenvalue weighted by Crippen LogP contribution is -2.51. The molecule has 0 bridgehead atoms. The van der Waals surface area contributed by atoms with Crippen LogP contribution in [0, 0.1) is 5.92 Å². The van der Waals surface area contributed by atoms with Gasteiger partial charge in [0, 0.05) is 6.54 Å². The number of methoxy groups -OCH3 is 1. The standard InChI is InChI=1S/C20H28N4O3/c1-13(2)17(23-20(26)27-3)19(25)24-11-7-10-16(24)18-21-12-15(22-18)14-8-5-4-6-9-14/h5,8-9,12-13,16-17H,4,6-7,10-11H2,1-3H3,(H,21,22)(H,23,26)/t16-,17-/m0/s1. The molecule has 0 unspecified atom stereocenters. The van der Waals surface area contributed by atoms with E-state index in [9.17, 15) is 9.59 Å². The number of rotatable bonds is 5. The Morgan fingerprint density at radius 2 is 2.19 bits per heavy atom. The Labute approximate surface area is 159 Å². The van der Waals surface area contributed by atoms with Crippen molar-refractivity contribution in [2.75, 3.05) is 13.7 Å². The third kappa shape index (κ3) is 4.23. The van der Waals surface area contributed by atoms with Gasteiger partial charge in [0.1, 0.15) is 11.9 Å². The zero-order valence-electron chi connectivity index (χ0n) is 16.2. The van der Waals surface area contributed by atoms with Crippen molar-refractivity contribution < 1.29 is 14.3 Å². The summed E-state index contributed by atoms with van der Waals surface area (Å²) in [6, 6.07) is -0.711. The summed E-state index contributed by atoms with van der Waals surface area (Å²) in [5, 5.41) is 2.67. The van der Waals surface area contributed by atoms with Crippen LogP contribution in [0.3, 0.4) is 0 Å². The zero-order valence-corrected chi connectivity index (χ0v) is 16.2. The number of aromatic nitrogens is 2. The van der Waals surface area contributed by atoms with Gasteiger partial charge in [0.05, 0.1) is 25.0 Å². The number of ether oxygens (including phenoxy) is 1. The number of carbonyl (C=O) groups is 2. The minimum Gasteiger partial charge on any atom is -0.453 e.